The van der Waals surface area contributed by atoms with E-state index in [4.69, 9.17) is 5.73 Å². The molecule has 0 amide bonds. The average molecular weight is 227 g/mol. The monoisotopic (exact) mass is 227 g/mol. The third kappa shape index (κ3) is 4.04. The van der Waals surface area contributed by atoms with Crippen molar-refractivity contribution in [2.45, 2.75) is 45.7 Å². The van der Waals surface area contributed by atoms with Crippen molar-refractivity contribution in [3.63, 3.8) is 0 Å². The maximum atomic E-state index is 5.63. The summed E-state index contributed by atoms with van der Waals surface area (Å²) in [5, 5.41) is 0. The van der Waals surface area contributed by atoms with Gasteiger partial charge in [0.15, 0.2) is 0 Å². The molecule has 3 atom stereocenters. The van der Waals surface area contributed by atoms with E-state index in [0.717, 1.165) is 6.54 Å². The van der Waals surface area contributed by atoms with Crippen LogP contribution in [0.5, 0.6) is 0 Å². The van der Waals surface area contributed by atoms with Crippen LogP contribution in [0.4, 0.5) is 0 Å². The van der Waals surface area contributed by atoms with Crippen molar-refractivity contribution in [1.82, 2.24) is 9.80 Å². The molecule has 3 unspecified atom stereocenters. The summed E-state index contributed by atoms with van der Waals surface area (Å²) in [6.45, 7) is 11.4. The van der Waals surface area contributed by atoms with E-state index in [-0.39, 0.29) is 0 Å². The SMILES string of the molecule is CC(CN)CCCN1CC(C)N(C)C(C)C1. The van der Waals surface area contributed by atoms with Gasteiger partial charge in [0.2, 0.25) is 0 Å². The fourth-order valence-corrected chi connectivity index (χ4v) is 2.48. The molecule has 0 aromatic carbocycles. The lowest BCUT2D eigenvalue weighted by Crippen LogP contribution is -2.54. The Morgan fingerprint density at radius 3 is 2.31 bits per heavy atom. The van der Waals surface area contributed by atoms with Crippen molar-refractivity contribution >= 4 is 0 Å². The molecule has 0 spiro atoms. The smallest absolute Gasteiger partial charge is 0.0195 e. The average Bonchev–Trinajstić information content (AvgIpc) is 2.25. The molecule has 2 N–H and O–H groups in total. The lowest BCUT2D eigenvalue weighted by Gasteiger charge is -2.42. The molecule has 16 heavy (non-hydrogen) atoms. The molecule has 0 aliphatic carbocycles. The summed E-state index contributed by atoms with van der Waals surface area (Å²) < 4.78 is 0. The van der Waals surface area contributed by atoms with Crippen LogP contribution in [0, 0.1) is 5.92 Å². The summed E-state index contributed by atoms with van der Waals surface area (Å²) in [5.74, 6) is 0.683. The normalized spacial score (nSPS) is 30.6. The third-order valence-electron chi connectivity index (χ3n) is 4.01. The molecule has 1 fully saturated rings. The van der Waals surface area contributed by atoms with Crippen LogP contribution in [-0.2, 0) is 0 Å². The first kappa shape index (κ1) is 13.9. The third-order valence-corrected chi connectivity index (χ3v) is 4.01. The molecule has 1 rings (SSSR count). The van der Waals surface area contributed by atoms with Gasteiger partial charge in [-0.2, -0.15) is 0 Å². The molecular weight excluding hydrogens is 198 g/mol. The number of hydrogen-bond donors (Lipinski definition) is 1. The van der Waals surface area contributed by atoms with Gasteiger partial charge in [0.05, 0.1) is 0 Å². The number of hydrogen-bond acceptors (Lipinski definition) is 3. The standard InChI is InChI=1S/C13H29N3/c1-11(8-14)6-5-7-16-9-12(2)15(4)13(3)10-16/h11-13H,5-10,14H2,1-4H3. The molecule has 3 nitrogen and oxygen atoms in total. The van der Waals surface area contributed by atoms with Gasteiger partial charge in [0.25, 0.3) is 0 Å². The van der Waals surface area contributed by atoms with Crippen LogP contribution >= 0.6 is 0 Å². The van der Waals surface area contributed by atoms with Crippen molar-refractivity contribution in [2.24, 2.45) is 11.7 Å². The Labute approximate surface area is 101 Å². The Bertz CT molecular complexity index is 184. The van der Waals surface area contributed by atoms with E-state index in [1.807, 2.05) is 0 Å². The summed E-state index contributed by atoms with van der Waals surface area (Å²) >= 11 is 0. The summed E-state index contributed by atoms with van der Waals surface area (Å²) in [6.07, 6.45) is 2.56. The Kier molecular flexibility index (Phi) is 5.73. The molecular formula is C13H29N3. The Hall–Kier alpha value is -0.120. The molecule has 1 aliphatic heterocycles. The minimum absolute atomic E-state index is 0.683. The Morgan fingerprint density at radius 2 is 1.81 bits per heavy atom. The van der Waals surface area contributed by atoms with E-state index in [1.165, 1.54) is 32.5 Å². The minimum Gasteiger partial charge on any atom is -0.330 e. The van der Waals surface area contributed by atoms with Crippen LogP contribution in [0.2, 0.25) is 0 Å². The predicted molar refractivity (Wildman–Crippen MR) is 70.6 cm³/mol. The summed E-state index contributed by atoms with van der Waals surface area (Å²) in [5.41, 5.74) is 5.63. The predicted octanol–water partition coefficient (Wildman–Crippen LogP) is 1.39. The van der Waals surface area contributed by atoms with Gasteiger partial charge in [-0.3, -0.25) is 4.90 Å². The van der Waals surface area contributed by atoms with Crippen LogP contribution in [0.25, 0.3) is 0 Å². The van der Waals surface area contributed by atoms with Gasteiger partial charge in [0.1, 0.15) is 0 Å². The second-order valence-electron chi connectivity index (χ2n) is 5.61. The number of nitrogens with zero attached hydrogens (tertiary/aromatic N) is 2. The summed E-state index contributed by atoms with van der Waals surface area (Å²) in [4.78, 5) is 5.09. The van der Waals surface area contributed by atoms with Gasteiger partial charge in [0, 0.05) is 25.2 Å². The fourth-order valence-electron chi connectivity index (χ4n) is 2.48. The maximum absolute atomic E-state index is 5.63. The van der Waals surface area contributed by atoms with Gasteiger partial charge in [-0.05, 0) is 52.7 Å². The Morgan fingerprint density at radius 1 is 1.25 bits per heavy atom. The zero-order chi connectivity index (χ0) is 12.1. The van der Waals surface area contributed by atoms with E-state index >= 15 is 0 Å². The zero-order valence-electron chi connectivity index (χ0n) is 11.4. The molecule has 3 heteroatoms. The molecule has 1 saturated heterocycles. The molecule has 1 heterocycles. The highest BCUT2D eigenvalue weighted by molar-refractivity contribution is 4.82. The molecule has 0 radical (unpaired) electrons. The van der Waals surface area contributed by atoms with Crippen molar-refractivity contribution in [3.8, 4) is 0 Å². The van der Waals surface area contributed by atoms with Crippen LogP contribution in [0.3, 0.4) is 0 Å². The van der Waals surface area contributed by atoms with Gasteiger partial charge in [-0.1, -0.05) is 6.92 Å². The molecule has 96 valence electrons. The molecule has 0 aromatic heterocycles. The largest absolute Gasteiger partial charge is 0.330 e. The summed E-state index contributed by atoms with van der Waals surface area (Å²) in [7, 11) is 2.24. The van der Waals surface area contributed by atoms with E-state index in [1.54, 1.807) is 0 Å². The first-order valence-electron chi connectivity index (χ1n) is 6.69. The second-order valence-corrected chi connectivity index (χ2v) is 5.61. The number of likely N-dealkylation sites (N-methyl/N-ethyl adjacent to an activating group) is 1. The van der Waals surface area contributed by atoms with E-state index < -0.39 is 0 Å². The quantitative estimate of drug-likeness (QED) is 0.770. The second kappa shape index (κ2) is 6.58. The van der Waals surface area contributed by atoms with E-state index in [9.17, 15) is 0 Å². The highest BCUT2D eigenvalue weighted by Crippen LogP contribution is 2.14. The summed E-state index contributed by atoms with van der Waals surface area (Å²) in [6, 6.07) is 1.38. The van der Waals surface area contributed by atoms with Crippen molar-refractivity contribution in [3.05, 3.63) is 0 Å². The van der Waals surface area contributed by atoms with Crippen molar-refractivity contribution < 1.29 is 0 Å². The minimum atomic E-state index is 0.683. The highest BCUT2D eigenvalue weighted by atomic mass is 15.3. The fraction of sp³-hybridized carbons (Fsp3) is 1.00. The zero-order valence-corrected chi connectivity index (χ0v) is 11.4. The topological polar surface area (TPSA) is 32.5 Å². The van der Waals surface area contributed by atoms with Crippen LogP contribution < -0.4 is 5.73 Å². The van der Waals surface area contributed by atoms with Crippen LogP contribution in [0.15, 0.2) is 0 Å². The molecule has 1 aliphatic rings. The van der Waals surface area contributed by atoms with Gasteiger partial charge >= 0.3 is 0 Å². The molecule has 0 aromatic rings. The van der Waals surface area contributed by atoms with Gasteiger partial charge in [-0.15, -0.1) is 0 Å². The first-order chi connectivity index (χ1) is 7.54. The highest BCUT2D eigenvalue weighted by Gasteiger charge is 2.25. The lowest BCUT2D eigenvalue weighted by molar-refractivity contribution is 0.0586. The lowest BCUT2D eigenvalue weighted by atomic mass is 10.0. The number of rotatable bonds is 5. The number of nitrogens with two attached hydrogens (primary N) is 1. The van der Waals surface area contributed by atoms with Crippen LogP contribution in [-0.4, -0.2) is 55.1 Å². The van der Waals surface area contributed by atoms with E-state index in [2.05, 4.69) is 37.6 Å². The molecule has 0 bridgehead atoms. The Balaban J connectivity index is 2.23. The van der Waals surface area contributed by atoms with Gasteiger partial charge < -0.3 is 10.6 Å². The molecule has 0 saturated carbocycles. The van der Waals surface area contributed by atoms with E-state index in [0.29, 0.717) is 18.0 Å². The van der Waals surface area contributed by atoms with Crippen molar-refractivity contribution in [2.75, 3.05) is 33.2 Å². The van der Waals surface area contributed by atoms with Gasteiger partial charge in [-0.25, -0.2) is 0 Å². The number of piperazine rings is 1. The maximum Gasteiger partial charge on any atom is 0.0195 e. The first-order valence-corrected chi connectivity index (χ1v) is 6.69. The van der Waals surface area contributed by atoms with Crippen molar-refractivity contribution in [1.29, 1.82) is 0 Å². The van der Waals surface area contributed by atoms with Crippen LogP contribution in [0.1, 0.15) is 33.6 Å².